The van der Waals surface area contributed by atoms with Crippen LogP contribution in [-0.4, -0.2) is 71.0 Å². The Kier molecular flexibility index (Phi) is 5.83. The van der Waals surface area contributed by atoms with E-state index in [9.17, 15) is 9.90 Å². The molecule has 7 nitrogen and oxygen atoms in total. The monoisotopic (exact) mass is 409 g/mol. The lowest BCUT2D eigenvalue weighted by Crippen LogP contribution is -2.46. The molecule has 3 N–H and O–H groups in total. The first-order chi connectivity index (χ1) is 14.5. The SMILES string of the molecule is CNc1cccc(CN2CCC(N(C)C(=O)C3=CN(C)C(O)c4[nH]ccc43)CC2)c1. The van der Waals surface area contributed by atoms with E-state index in [1.807, 2.05) is 25.1 Å². The van der Waals surface area contributed by atoms with Crippen molar-refractivity contribution in [2.75, 3.05) is 39.5 Å². The van der Waals surface area contributed by atoms with Gasteiger partial charge < -0.3 is 25.2 Å². The van der Waals surface area contributed by atoms with Crippen LogP contribution in [-0.2, 0) is 11.3 Å². The number of hydrogen-bond acceptors (Lipinski definition) is 5. The number of hydrogen-bond donors (Lipinski definition) is 3. The zero-order valence-electron chi connectivity index (χ0n) is 17.9. The number of aliphatic hydroxyl groups is 1. The number of piperidine rings is 1. The minimum Gasteiger partial charge on any atom is -0.388 e. The Hall–Kier alpha value is -2.77. The third-order valence-corrected chi connectivity index (χ3v) is 6.32. The van der Waals surface area contributed by atoms with Gasteiger partial charge >= 0.3 is 0 Å². The van der Waals surface area contributed by atoms with Crippen LogP contribution in [0.2, 0.25) is 0 Å². The Morgan fingerprint density at radius 2 is 2.07 bits per heavy atom. The molecule has 0 bridgehead atoms. The molecule has 0 aliphatic carbocycles. The van der Waals surface area contributed by atoms with Crippen molar-refractivity contribution in [2.45, 2.75) is 31.7 Å². The Morgan fingerprint density at radius 3 is 2.80 bits per heavy atom. The van der Waals surface area contributed by atoms with Gasteiger partial charge in [-0.05, 0) is 36.6 Å². The number of likely N-dealkylation sites (tertiary alicyclic amines) is 1. The van der Waals surface area contributed by atoms with Gasteiger partial charge in [0.15, 0.2) is 6.23 Å². The number of nitrogens with zero attached hydrogens (tertiary/aromatic N) is 3. The molecule has 1 saturated heterocycles. The molecular formula is C23H31N5O2. The average Bonchev–Trinajstić information content (AvgIpc) is 3.26. The average molecular weight is 410 g/mol. The number of nitrogens with one attached hydrogen (secondary N) is 2. The van der Waals surface area contributed by atoms with Crippen molar-refractivity contribution in [1.82, 2.24) is 19.7 Å². The molecule has 1 aromatic heterocycles. The summed E-state index contributed by atoms with van der Waals surface area (Å²) in [6.07, 6.45) is 4.69. The number of amides is 1. The van der Waals surface area contributed by atoms with E-state index >= 15 is 0 Å². The van der Waals surface area contributed by atoms with Crippen molar-refractivity contribution in [3.05, 3.63) is 59.5 Å². The molecule has 3 heterocycles. The Labute approximate surface area is 178 Å². The first-order valence-electron chi connectivity index (χ1n) is 10.5. The van der Waals surface area contributed by atoms with E-state index in [0.29, 0.717) is 11.3 Å². The van der Waals surface area contributed by atoms with Gasteiger partial charge in [-0.2, -0.15) is 0 Å². The molecule has 30 heavy (non-hydrogen) atoms. The first kappa shape index (κ1) is 20.5. The molecule has 160 valence electrons. The van der Waals surface area contributed by atoms with Crippen LogP contribution in [0.5, 0.6) is 0 Å². The third kappa shape index (κ3) is 3.95. The van der Waals surface area contributed by atoms with Gasteiger partial charge in [-0.15, -0.1) is 0 Å². The maximum absolute atomic E-state index is 13.3. The largest absolute Gasteiger partial charge is 0.388 e. The predicted molar refractivity (Wildman–Crippen MR) is 119 cm³/mol. The molecular weight excluding hydrogens is 378 g/mol. The summed E-state index contributed by atoms with van der Waals surface area (Å²) >= 11 is 0. The van der Waals surface area contributed by atoms with Crippen molar-refractivity contribution in [1.29, 1.82) is 0 Å². The minimum absolute atomic E-state index is 0.00905. The number of fused-ring (bicyclic) bond motifs is 1. The van der Waals surface area contributed by atoms with Crippen molar-refractivity contribution in [2.24, 2.45) is 0 Å². The third-order valence-electron chi connectivity index (χ3n) is 6.32. The molecule has 2 aromatic rings. The molecule has 1 unspecified atom stereocenters. The van der Waals surface area contributed by atoms with Crippen LogP contribution in [0.25, 0.3) is 5.57 Å². The molecule has 1 fully saturated rings. The molecule has 1 amide bonds. The molecule has 7 heteroatoms. The van der Waals surface area contributed by atoms with Crippen LogP contribution in [0.4, 0.5) is 5.69 Å². The molecule has 1 atom stereocenters. The van der Waals surface area contributed by atoms with Crippen LogP contribution < -0.4 is 5.32 Å². The smallest absolute Gasteiger partial charge is 0.256 e. The molecule has 0 radical (unpaired) electrons. The second-order valence-corrected chi connectivity index (χ2v) is 8.26. The molecule has 0 saturated carbocycles. The number of likely N-dealkylation sites (N-methyl/N-ethyl adjacent to an activating group) is 1. The summed E-state index contributed by atoms with van der Waals surface area (Å²) in [5.74, 6) is 0.00905. The van der Waals surface area contributed by atoms with E-state index in [1.54, 1.807) is 24.3 Å². The summed E-state index contributed by atoms with van der Waals surface area (Å²) in [5, 5.41) is 13.5. The highest BCUT2D eigenvalue weighted by Crippen LogP contribution is 2.33. The highest BCUT2D eigenvalue weighted by atomic mass is 16.3. The van der Waals surface area contributed by atoms with Gasteiger partial charge in [-0.3, -0.25) is 9.69 Å². The summed E-state index contributed by atoms with van der Waals surface area (Å²) in [6, 6.07) is 10.6. The summed E-state index contributed by atoms with van der Waals surface area (Å²) < 4.78 is 0. The highest BCUT2D eigenvalue weighted by molar-refractivity contribution is 6.20. The molecule has 0 spiro atoms. The fourth-order valence-corrected chi connectivity index (χ4v) is 4.45. The van der Waals surface area contributed by atoms with Gasteiger partial charge in [0, 0.05) is 70.5 Å². The van der Waals surface area contributed by atoms with E-state index in [4.69, 9.17) is 0 Å². The molecule has 1 aromatic carbocycles. The van der Waals surface area contributed by atoms with E-state index in [-0.39, 0.29) is 11.9 Å². The quantitative estimate of drug-likeness (QED) is 0.707. The van der Waals surface area contributed by atoms with E-state index in [1.165, 1.54) is 5.56 Å². The molecule has 4 rings (SSSR count). The Bertz CT molecular complexity index is 929. The summed E-state index contributed by atoms with van der Waals surface area (Å²) in [7, 11) is 5.62. The lowest BCUT2D eigenvalue weighted by molar-refractivity contribution is -0.126. The number of aromatic amines is 1. The second-order valence-electron chi connectivity index (χ2n) is 8.26. The highest BCUT2D eigenvalue weighted by Gasteiger charge is 2.32. The van der Waals surface area contributed by atoms with E-state index in [2.05, 4.69) is 39.5 Å². The zero-order valence-corrected chi connectivity index (χ0v) is 17.9. The fraction of sp³-hybridized carbons (Fsp3) is 0.435. The topological polar surface area (TPSA) is 74.8 Å². The van der Waals surface area contributed by atoms with Crippen molar-refractivity contribution in [3.63, 3.8) is 0 Å². The first-order valence-corrected chi connectivity index (χ1v) is 10.5. The Morgan fingerprint density at radius 1 is 1.30 bits per heavy atom. The lowest BCUT2D eigenvalue weighted by atomic mass is 9.98. The Balaban J connectivity index is 1.38. The summed E-state index contributed by atoms with van der Waals surface area (Å²) in [5.41, 5.74) is 4.54. The maximum Gasteiger partial charge on any atom is 0.256 e. The van der Waals surface area contributed by atoms with Crippen LogP contribution in [0.3, 0.4) is 0 Å². The van der Waals surface area contributed by atoms with Crippen molar-refractivity contribution >= 4 is 17.2 Å². The van der Waals surface area contributed by atoms with E-state index in [0.717, 1.165) is 43.7 Å². The van der Waals surface area contributed by atoms with Crippen LogP contribution in [0.15, 0.2) is 42.7 Å². The fourth-order valence-electron chi connectivity index (χ4n) is 4.45. The lowest BCUT2D eigenvalue weighted by Gasteiger charge is -2.38. The van der Waals surface area contributed by atoms with Gasteiger partial charge in [0.25, 0.3) is 5.91 Å². The van der Waals surface area contributed by atoms with Gasteiger partial charge in [0.2, 0.25) is 0 Å². The minimum atomic E-state index is -0.749. The van der Waals surface area contributed by atoms with Gasteiger partial charge in [0.1, 0.15) is 0 Å². The van der Waals surface area contributed by atoms with E-state index < -0.39 is 6.23 Å². The number of anilines is 1. The van der Waals surface area contributed by atoms with Gasteiger partial charge in [0.05, 0.1) is 11.3 Å². The van der Waals surface area contributed by atoms with Crippen molar-refractivity contribution < 1.29 is 9.90 Å². The summed E-state index contributed by atoms with van der Waals surface area (Å²) in [4.78, 5) is 22.3. The van der Waals surface area contributed by atoms with Crippen LogP contribution in [0.1, 0.15) is 35.9 Å². The summed E-state index contributed by atoms with van der Waals surface area (Å²) in [6.45, 7) is 2.87. The normalized spacial score (nSPS) is 19.9. The van der Waals surface area contributed by atoms with Gasteiger partial charge in [-0.1, -0.05) is 12.1 Å². The zero-order chi connectivity index (χ0) is 21.3. The second kappa shape index (κ2) is 8.53. The number of aliphatic hydroxyl groups excluding tert-OH is 1. The molecule has 2 aliphatic rings. The van der Waals surface area contributed by atoms with Crippen LogP contribution >= 0.6 is 0 Å². The molecule has 2 aliphatic heterocycles. The van der Waals surface area contributed by atoms with Crippen LogP contribution in [0, 0.1) is 0 Å². The number of H-pyrrole nitrogens is 1. The number of carbonyl (C=O) groups is 1. The predicted octanol–water partition coefficient (Wildman–Crippen LogP) is 2.46. The number of rotatable bonds is 5. The number of carbonyl (C=O) groups excluding carboxylic acids is 1. The standard InChI is InChI=1S/C23H31N5O2/c1-24-17-6-4-5-16(13-17)14-28-11-8-18(9-12-28)27(3)22(29)20-15-26(2)23(30)21-19(20)7-10-25-21/h4-7,10,13,15,18,23-25,30H,8-9,11-12,14H2,1-3H3. The number of aromatic nitrogens is 1. The van der Waals surface area contributed by atoms with Gasteiger partial charge in [-0.25, -0.2) is 0 Å². The van der Waals surface area contributed by atoms with Crippen molar-refractivity contribution in [3.8, 4) is 0 Å². The number of benzene rings is 1. The maximum atomic E-state index is 13.3.